The average molecular weight is 245 g/mol. The van der Waals surface area contributed by atoms with Crippen LogP contribution in [0, 0.1) is 0 Å². The van der Waals surface area contributed by atoms with Crippen molar-refractivity contribution in [1.29, 1.82) is 0 Å². The van der Waals surface area contributed by atoms with Crippen molar-refractivity contribution in [2.24, 2.45) is 0 Å². The zero-order chi connectivity index (χ0) is 12.8. The van der Waals surface area contributed by atoms with E-state index in [2.05, 4.69) is 27.9 Å². The Hall–Kier alpha value is -1.81. The molecule has 0 aliphatic rings. The van der Waals surface area contributed by atoms with Crippen molar-refractivity contribution in [2.45, 2.75) is 26.6 Å². The first-order chi connectivity index (χ1) is 8.85. The molecule has 96 valence electrons. The molecule has 0 amide bonds. The van der Waals surface area contributed by atoms with E-state index in [1.807, 2.05) is 37.6 Å². The second-order valence-corrected chi connectivity index (χ2v) is 4.06. The third-order valence-electron chi connectivity index (χ3n) is 2.84. The number of nitrogens with zero attached hydrogens (tertiary/aromatic N) is 2. The Morgan fingerprint density at radius 2 is 2.17 bits per heavy atom. The van der Waals surface area contributed by atoms with E-state index in [1.54, 1.807) is 0 Å². The van der Waals surface area contributed by atoms with E-state index in [0.29, 0.717) is 6.61 Å². The minimum absolute atomic E-state index is 0.502. The number of benzene rings is 1. The molecule has 1 aromatic carbocycles. The summed E-state index contributed by atoms with van der Waals surface area (Å²) in [4.78, 5) is 4.30. The Labute approximate surface area is 108 Å². The summed E-state index contributed by atoms with van der Waals surface area (Å²) in [5.74, 6) is 1.87. The van der Waals surface area contributed by atoms with Crippen molar-refractivity contribution >= 4 is 0 Å². The quantitative estimate of drug-likeness (QED) is 0.848. The van der Waals surface area contributed by atoms with Gasteiger partial charge in [0.25, 0.3) is 0 Å². The molecule has 0 saturated carbocycles. The molecule has 0 radical (unpaired) electrons. The first-order valence-corrected chi connectivity index (χ1v) is 6.20. The van der Waals surface area contributed by atoms with Crippen LogP contribution in [0.25, 0.3) is 0 Å². The van der Waals surface area contributed by atoms with Crippen LogP contribution in [0.5, 0.6) is 5.75 Å². The molecule has 4 nitrogen and oxygen atoms in total. The van der Waals surface area contributed by atoms with Gasteiger partial charge in [-0.15, -0.1) is 0 Å². The summed E-state index contributed by atoms with van der Waals surface area (Å²) in [5, 5.41) is 3.14. The number of hydrogen-bond donors (Lipinski definition) is 1. The van der Waals surface area contributed by atoms with Crippen molar-refractivity contribution in [1.82, 2.24) is 14.9 Å². The van der Waals surface area contributed by atoms with Crippen LogP contribution in [-0.2, 0) is 19.7 Å². The van der Waals surface area contributed by atoms with Crippen LogP contribution in [0.1, 0.15) is 18.3 Å². The lowest BCUT2D eigenvalue weighted by molar-refractivity contribution is 0.286. The molecule has 18 heavy (non-hydrogen) atoms. The van der Waals surface area contributed by atoms with E-state index >= 15 is 0 Å². The highest BCUT2D eigenvalue weighted by molar-refractivity contribution is 5.33. The maximum Gasteiger partial charge on any atom is 0.146 e. The highest BCUT2D eigenvalue weighted by Crippen LogP contribution is 2.18. The number of rotatable bonds is 6. The molecular weight excluding hydrogens is 226 g/mol. The summed E-state index contributed by atoms with van der Waals surface area (Å²) in [6.07, 6.45) is 3.78. The van der Waals surface area contributed by atoms with Crippen LogP contribution in [0.2, 0.25) is 0 Å². The topological polar surface area (TPSA) is 39.1 Å². The van der Waals surface area contributed by atoms with Crippen molar-refractivity contribution in [2.75, 3.05) is 7.05 Å². The summed E-state index contributed by atoms with van der Waals surface area (Å²) < 4.78 is 7.94. The predicted octanol–water partition coefficient (Wildman–Crippen LogP) is 2.20. The average Bonchev–Trinajstić information content (AvgIpc) is 2.85. The van der Waals surface area contributed by atoms with Gasteiger partial charge < -0.3 is 14.6 Å². The van der Waals surface area contributed by atoms with Gasteiger partial charge in [-0.3, -0.25) is 0 Å². The maximum absolute atomic E-state index is 5.85. The zero-order valence-electron chi connectivity index (χ0n) is 10.9. The van der Waals surface area contributed by atoms with Gasteiger partial charge in [0.2, 0.25) is 0 Å². The van der Waals surface area contributed by atoms with Crippen LogP contribution < -0.4 is 10.1 Å². The van der Waals surface area contributed by atoms with Crippen LogP contribution in [0.4, 0.5) is 0 Å². The van der Waals surface area contributed by atoms with Crippen LogP contribution >= 0.6 is 0 Å². The van der Waals surface area contributed by atoms with Gasteiger partial charge in [0.05, 0.1) is 0 Å². The Bertz CT molecular complexity index is 493. The smallest absolute Gasteiger partial charge is 0.146 e. The van der Waals surface area contributed by atoms with Gasteiger partial charge in [-0.1, -0.05) is 18.2 Å². The molecule has 0 aliphatic carbocycles. The summed E-state index contributed by atoms with van der Waals surface area (Å²) in [6, 6.07) is 8.07. The predicted molar refractivity (Wildman–Crippen MR) is 71.4 cm³/mol. The Balaban J connectivity index is 2.06. The number of ether oxygens (including phenoxy) is 1. The molecule has 0 spiro atoms. The monoisotopic (exact) mass is 245 g/mol. The Kier molecular flexibility index (Phi) is 4.36. The summed E-state index contributed by atoms with van der Waals surface area (Å²) in [7, 11) is 1.93. The van der Waals surface area contributed by atoms with Crippen LogP contribution in [-0.4, -0.2) is 16.6 Å². The van der Waals surface area contributed by atoms with Gasteiger partial charge in [0.1, 0.15) is 18.2 Å². The highest BCUT2D eigenvalue weighted by atomic mass is 16.5. The number of aromatic nitrogens is 2. The molecular formula is C14H19N3O. The fourth-order valence-electron chi connectivity index (χ4n) is 1.89. The van der Waals surface area contributed by atoms with Gasteiger partial charge in [-0.05, 0) is 20.0 Å². The highest BCUT2D eigenvalue weighted by Gasteiger charge is 2.05. The normalized spacial score (nSPS) is 10.6. The van der Waals surface area contributed by atoms with E-state index in [4.69, 9.17) is 4.74 Å². The lowest BCUT2D eigenvalue weighted by Crippen LogP contribution is -2.09. The first-order valence-electron chi connectivity index (χ1n) is 6.20. The van der Waals surface area contributed by atoms with Gasteiger partial charge in [0, 0.05) is 31.0 Å². The molecule has 2 rings (SSSR count). The minimum atomic E-state index is 0.502. The SMILES string of the molecule is CCn1ccnc1COc1ccccc1CNC. The van der Waals surface area contributed by atoms with Crippen LogP contribution in [0.3, 0.4) is 0 Å². The Morgan fingerprint density at radius 3 is 2.94 bits per heavy atom. The number of aryl methyl sites for hydroxylation is 1. The van der Waals surface area contributed by atoms with Gasteiger partial charge in [0.15, 0.2) is 0 Å². The van der Waals surface area contributed by atoms with Crippen LogP contribution in [0.15, 0.2) is 36.7 Å². The number of para-hydroxylation sites is 1. The standard InChI is InChI=1S/C14H19N3O/c1-3-17-9-8-16-14(17)11-18-13-7-5-4-6-12(13)10-15-2/h4-9,15H,3,10-11H2,1-2H3. The van der Waals surface area contributed by atoms with Crippen molar-refractivity contribution < 1.29 is 4.74 Å². The Morgan fingerprint density at radius 1 is 1.33 bits per heavy atom. The van der Waals surface area contributed by atoms with Crippen molar-refractivity contribution in [3.05, 3.63) is 48.0 Å². The maximum atomic E-state index is 5.85. The zero-order valence-corrected chi connectivity index (χ0v) is 10.9. The molecule has 0 fully saturated rings. The fourth-order valence-corrected chi connectivity index (χ4v) is 1.89. The summed E-state index contributed by atoms with van der Waals surface area (Å²) in [5.41, 5.74) is 1.16. The third kappa shape index (κ3) is 2.90. The van der Waals surface area contributed by atoms with E-state index in [-0.39, 0.29) is 0 Å². The lowest BCUT2D eigenvalue weighted by Gasteiger charge is -2.11. The third-order valence-corrected chi connectivity index (χ3v) is 2.84. The molecule has 0 atom stereocenters. The largest absolute Gasteiger partial charge is 0.485 e. The molecule has 1 aromatic heterocycles. The number of hydrogen-bond acceptors (Lipinski definition) is 3. The van der Waals surface area contributed by atoms with Gasteiger partial charge in [-0.25, -0.2) is 4.98 Å². The molecule has 1 heterocycles. The van der Waals surface area contributed by atoms with E-state index in [0.717, 1.165) is 30.2 Å². The van der Waals surface area contributed by atoms with Gasteiger partial charge in [-0.2, -0.15) is 0 Å². The molecule has 0 aliphatic heterocycles. The summed E-state index contributed by atoms with van der Waals surface area (Å²) in [6.45, 7) is 4.32. The summed E-state index contributed by atoms with van der Waals surface area (Å²) >= 11 is 0. The van der Waals surface area contributed by atoms with E-state index in [1.165, 1.54) is 0 Å². The second-order valence-electron chi connectivity index (χ2n) is 4.06. The first kappa shape index (κ1) is 12.6. The fraction of sp³-hybridized carbons (Fsp3) is 0.357. The second kappa shape index (κ2) is 6.21. The molecule has 2 aromatic rings. The molecule has 0 bridgehead atoms. The minimum Gasteiger partial charge on any atom is -0.485 e. The molecule has 0 unspecified atom stereocenters. The molecule has 0 saturated heterocycles. The van der Waals surface area contributed by atoms with Crippen molar-refractivity contribution in [3.8, 4) is 5.75 Å². The van der Waals surface area contributed by atoms with Crippen molar-refractivity contribution in [3.63, 3.8) is 0 Å². The number of imidazole rings is 1. The van der Waals surface area contributed by atoms with E-state index < -0.39 is 0 Å². The molecule has 1 N–H and O–H groups in total. The molecule has 4 heteroatoms. The van der Waals surface area contributed by atoms with E-state index in [9.17, 15) is 0 Å². The number of nitrogens with one attached hydrogen (secondary N) is 1. The lowest BCUT2D eigenvalue weighted by atomic mass is 10.2. The van der Waals surface area contributed by atoms with Gasteiger partial charge >= 0.3 is 0 Å².